The molecule has 0 saturated carbocycles. The highest BCUT2D eigenvalue weighted by molar-refractivity contribution is 5.93. The Morgan fingerprint density at radius 2 is 1.67 bits per heavy atom. The first kappa shape index (κ1) is 17.3. The third kappa shape index (κ3) is 4.63. The molecular formula is C11H19N3O7. The van der Waals surface area contributed by atoms with Crippen molar-refractivity contribution in [3.63, 3.8) is 0 Å². The van der Waals surface area contributed by atoms with E-state index in [-0.39, 0.29) is 0 Å². The quantitative estimate of drug-likeness (QED) is 0.320. The molecule has 1 aliphatic heterocycles. The topological polar surface area (TPSA) is 157 Å². The van der Waals surface area contributed by atoms with E-state index in [4.69, 9.17) is 9.84 Å². The van der Waals surface area contributed by atoms with Gasteiger partial charge in [-0.25, -0.2) is 4.79 Å². The summed E-state index contributed by atoms with van der Waals surface area (Å²) in [5.74, 6) is -1.13. The summed E-state index contributed by atoms with van der Waals surface area (Å²) in [4.78, 5) is 33.4. The van der Waals surface area contributed by atoms with Crippen molar-refractivity contribution >= 4 is 17.8 Å². The van der Waals surface area contributed by atoms with E-state index in [0.29, 0.717) is 0 Å². The second-order valence-corrected chi connectivity index (χ2v) is 4.64. The first-order valence-electron chi connectivity index (χ1n) is 6.24. The van der Waals surface area contributed by atoms with Gasteiger partial charge >= 0.3 is 6.03 Å². The van der Waals surface area contributed by atoms with Gasteiger partial charge in [-0.3, -0.25) is 14.9 Å². The maximum absolute atomic E-state index is 11.5. The van der Waals surface area contributed by atoms with Crippen molar-refractivity contribution in [2.75, 3.05) is 6.61 Å². The van der Waals surface area contributed by atoms with Crippen LogP contribution in [-0.2, 0) is 14.3 Å². The maximum atomic E-state index is 11.5. The molecule has 1 fully saturated rings. The van der Waals surface area contributed by atoms with Gasteiger partial charge in [0.2, 0.25) is 11.8 Å². The number of amides is 4. The standard InChI is InChI=1S/C11H19N3O7/c1-4(16)12-7-9(19)8(18)6(3-15)21-10(7)14-11(20)13-5(2)17/h6-10,15,18-19H,3H2,1-2H3,(H,12,16)(H2,13,14,17,20)/t6-,7-,8-,9-,10-/m1/s1. The lowest BCUT2D eigenvalue weighted by molar-refractivity contribution is -0.199. The summed E-state index contributed by atoms with van der Waals surface area (Å²) >= 11 is 0. The normalized spacial score (nSPS) is 32.1. The summed E-state index contributed by atoms with van der Waals surface area (Å²) in [5.41, 5.74) is 0. The highest BCUT2D eigenvalue weighted by Gasteiger charge is 2.45. The lowest BCUT2D eigenvalue weighted by Gasteiger charge is -2.42. The molecule has 0 aliphatic carbocycles. The number of aliphatic hydroxyl groups is 3. The molecular weight excluding hydrogens is 286 g/mol. The lowest BCUT2D eigenvalue weighted by atomic mass is 9.96. The van der Waals surface area contributed by atoms with Crippen LogP contribution >= 0.6 is 0 Å². The van der Waals surface area contributed by atoms with Gasteiger partial charge in [-0.05, 0) is 0 Å². The minimum absolute atomic E-state index is 0.518. The van der Waals surface area contributed by atoms with Gasteiger partial charge in [-0.15, -0.1) is 0 Å². The molecule has 0 spiro atoms. The van der Waals surface area contributed by atoms with Gasteiger partial charge in [0.25, 0.3) is 0 Å². The van der Waals surface area contributed by atoms with Crippen LogP contribution in [0.3, 0.4) is 0 Å². The summed E-state index contributed by atoms with van der Waals surface area (Å²) in [6, 6.07) is -2.04. The smallest absolute Gasteiger partial charge is 0.323 e. The number of carbonyl (C=O) groups excluding carboxylic acids is 3. The summed E-state index contributed by atoms with van der Waals surface area (Å²) < 4.78 is 5.23. The largest absolute Gasteiger partial charge is 0.394 e. The van der Waals surface area contributed by atoms with Crippen LogP contribution in [0, 0.1) is 0 Å². The van der Waals surface area contributed by atoms with E-state index in [2.05, 4.69) is 10.6 Å². The van der Waals surface area contributed by atoms with Crippen molar-refractivity contribution in [3.8, 4) is 0 Å². The van der Waals surface area contributed by atoms with Crippen LogP contribution in [0.2, 0.25) is 0 Å². The molecule has 0 bridgehead atoms. The van der Waals surface area contributed by atoms with E-state index in [1.807, 2.05) is 5.32 Å². The molecule has 0 aromatic heterocycles. The van der Waals surface area contributed by atoms with Crippen LogP contribution in [0.1, 0.15) is 13.8 Å². The van der Waals surface area contributed by atoms with Crippen molar-refractivity contribution < 1.29 is 34.4 Å². The second-order valence-electron chi connectivity index (χ2n) is 4.64. The fraction of sp³-hybridized carbons (Fsp3) is 0.727. The summed E-state index contributed by atoms with van der Waals surface area (Å²) in [6.45, 7) is 1.71. The number of carbonyl (C=O) groups is 3. The molecule has 21 heavy (non-hydrogen) atoms. The molecule has 0 unspecified atom stereocenters. The van der Waals surface area contributed by atoms with Crippen molar-refractivity contribution in [2.45, 2.75) is 44.4 Å². The zero-order valence-corrected chi connectivity index (χ0v) is 11.6. The van der Waals surface area contributed by atoms with Crippen LogP contribution < -0.4 is 16.0 Å². The molecule has 10 nitrogen and oxygen atoms in total. The molecule has 1 heterocycles. The number of ether oxygens (including phenoxy) is 1. The van der Waals surface area contributed by atoms with Crippen LogP contribution in [0.5, 0.6) is 0 Å². The fourth-order valence-corrected chi connectivity index (χ4v) is 1.96. The van der Waals surface area contributed by atoms with Gasteiger partial charge in [0.05, 0.1) is 6.61 Å². The van der Waals surface area contributed by atoms with Crippen molar-refractivity contribution in [2.24, 2.45) is 0 Å². The van der Waals surface area contributed by atoms with Gasteiger partial charge in [-0.2, -0.15) is 0 Å². The summed E-state index contributed by atoms with van der Waals surface area (Å²) in [6.07, 6.45) is -5.29. The third-order valence-corrected chi connectivity index (χ3v) is 2.86. The monoisotopic (exact) mass is 305 g/mol. The summed E-state index contributed by atoms with van der Waals surface area (Å²) in [5, 5.41) is 35.3. The SMILES string of the molecule is CC(=O)NC(=O)N[C@@H]1O[C@H](CO)[C@@H](O)[C@H](O)[C@H]1NC(C)=O. The van der Waals surface area contributed by atoms with Gasteiger partial charge in [-0.1, -0.05) is 0 Å². The highest BCUT2D eigenvalue weighted by atomic mass is 16.5. The molecule has 10 heteroatoms. The number of imide groups is 1. The van der Waals surface area contributed by atoms with Gasteiger partial charge in [0.1, 0.15) is 24.4 Å². The molecule has 0 radical (unpaired) electrons. The van der Waals surface area contributed by atoms with E-state index in [1.165, 1.54) is 6.92 Å². The molecule has 6 N–H and O–H groups in total. The van der Waals surface area contributed by atoms with Crippen LogP contribution in [-0.4, -0.2) is 70.4 Å². The Bertz CT molecular complexity index is 417. The Morgan fingerprint density at radius 3 is 2.14 bits per heavy atom. The number of aliphatic hydroxyl groups excluding tert-OH is 3. The molecule has 1 rings (SSSR count). The first-order chi connectivity index (χ1) is 9.76. The maximum Gasteiger partial charge on any atom is 0.323 e. The number of nitrogens with one attached hydrogen (secondary N) is 3. The molecule has 4 amide bonds. The number of hydrogen-bond acceptors (Lipinski definition) is 7. The predicted molar refractivity (Wildman–Crippen MR) is 67.7 cm³/mol. The minimum Gasteiger partial charge on any atom is -0.394 e. The average molecular weight is 305 g/mol. The third-order valence-electron chi connectivity index (χ3n) is 2.86. The molecule has 0 aromatic carbocycles. The Hall–Kier alpha value is -1.75. The second kappa shape index (κ2) is 7.31. The fourth-order valence-electron chi connectivity index (χ4n) is 1.96. The Morgan fingerprint density at radius 1 is 1.05 bits per heavy atom. The van der Waals surface area contributed by atoms with Gasteiger partial charge in [0.15, 0.2) is 6.23 Å². The van der Waals surface area contributed by atoms with Crippen molar-refractivity contribution in [1.82, 2.24) is 16.0 Å². The lowest BCUT2D eigenvalue weighted by Crippen LogP contribution is -2.68. The molecule has 1 saturated heterocycles. The van der Waals surface area contributed by atoms with E-state index in [1.54, 1.807) is 0 Å². The predicted octanol–water partition coefficient (Wildman–Crippen LogP) is -3.22. The number of rotatable bonds is 3. The molecule has 5 atom stereocenters. The van der Waals surface area contributed by atoms with Crippen molar-refractivity contribution in [3.05, 3.63) is 0 Å². The molecule has 0 aromatic rings. The zero-order chi connectivity index (χ0) is 16.2. The van der Waals surface area contributed by atoms with E-state index in [9.17, 15) is 24.6 Å². The molecule has 120 valence electrons. The van der Waals surface area contributed by atoms with Crippen LogP contribution in [0.25, 0.3) is 0 Å². The Balaban J connectivity index is 2.85. The first-order valence-corrected chi connectivity index (χ1v) is 6.24. The minimum atomic E-state index is -1.47. The van der Waals surface area contributed by atoms with E-state index < -0.39 is 55.0 Å². The van der Waals surface area contributed by atoms with Gasteiger partial charge < -0.3 is 30.7 Å². The van der Waals surface area contributed by atoms with E-state index in [0.717, 1.165) is 6.92 Å². The Labute approximate surface area is 120 Å². The number of hydrogen-bond donors (Lipinski definition) is 6. The number of urea groups is 1. The van der Waals surface area contributed by atoms with Crippen molar-refractivity contribution in [1.29, 1.82) is 0 Å². The highest BCUT2D eigenvalue weighted by Crippen LogP contribution is 2.19. The van der Waals surface area contributed by atoms with Gasteiger partial charge in [0, 0.05) is 13.8 Å². The zero-order valence-electron chi connectivity index (χ0n) is 11.6. The molecule has 1 aliphatic rings. The Kier molecular flexibility index (Phi) is 6.03. The summed E-state index contributed by atoms with van der Waals surface area (Å²) in [7, 11) is 0. The average Bonchev–Trinajstić information content (AvgIpc) is 2.36. The van der Waals surface area contributed by atoms with Crippen LogP contribution in [0.15, 0.2) is 0 Å². The van der Waals surface area contributed by atoms with E-state index >= 15 is 0 Å². The van der Waals surface area contributed by atoms with Crippen LogP contribution in [0.4, 0.5) is 4.79 Å².